The first-order valence-corrected chi connectivity index (χ1v) is 5.44. The minimum absolute atomic E-state index is 0.00616. The van der Waals surface area contributed by atoms with Crippen molar-refractivity contribution in [2.75, 3.05) is 0 Å². The quantitative estimate of drug-likeness (QED) is 0.244. The lowest BCUT2D eigenvalue weighted by atomic mass is 10.2. The highest BCUT2D eigenvalue weighted by Crippen LogP contribution is 2.26. The first-order valence-electron chi connectivity index (χ1n) is 4.03. The molecule has 16 heavy (non-hydrogen) atoms. The molecule has 0 aromatic heterocycles. The van der Waals surface area contributed by atoms with Crippen molar-refractivity contribution in [1.29, 1.82) is 0 Å². The fourth-order valence-corrected chi connectivity index (χ4v) is 1.32. The highest BCUT2D eigenvalue weighted by atomic mass is 32.2. The average Bonchev–Trinajstić information content (AvgIpc) is 2.39. The molecule has 0 bridgehead atoms. The van der Waals surface area contributed by atoms with Crippen molar-refractivity contribution in [2.45, 2.75) is 25.0 Å². The Morgan fingerprint density at radius 2 is 2.06 bits per heavy atom. The lowest BCUT2D eigenvalue weighted by molar-refractivity contribution is -0.138. The van der Waals surface area contributed by atoms with Gasteiger partial charge in [0.2, 0.25) is 0 Å². The minimum Gasteiger partial charge on any atom is -0.459 e. The Morgan fingerprint density at radius 3 is 2.44 bits per heavy atom. The summed E-state index contributed by atoms with van der Waals surface area (Å²) < 4.78 is 64.5. The van der Waals surface area contributed by atoms with Crippen LogP contribution in [-0.4, -0.2) is 26.0 Å². The lowest BCUT2D eigenvalue weighted by Gasteiger charge is -2.05. The van der Waals surface area contributed by atoms with Crippen LogP contribution in [0.25, 0.3) is 0 Å². The van der Waals surface area contributed by atoms with Gasteiger partial charge in [0, 0.05) is 6.42 Å². The second-order valence-electron chi connectivity index (χ2n) is 3.06. The Bertz CT molecular complexity index is 422. The van der Waals surface area contributed by atoms with E-state index >= 15 is 0 Å². The molecule has 9 heteroatoms. The molecule has 0 spiro atoms. The summed E-state index contributed by atoms with van der Waals surface area (Å²) >= 11 is 0. The number of carbonyl (C=O) groups is 1. The SMILES string of the molecule is CC1C/C(=C/OS(=O)(=O)C(F)(F)F)C(=O)O1. The Balaban J connectivity index is 2.79. The minimum atomic E-state index is -5.71. The third-order valence-electron chi connectivity index (χ3n) is 1.68. The number of esters is 1. The number of halogens is 3. The Morgan fingerprint density at radius 1 is 1.50 bits per heavy atom. The fourth-order valence-electron chi connectivity index (χ4n) is 0.965. The van der Waals surface area contributed by atoms with Gasteiger partial charge >= 0.3 is 21.6 Å². The molecule has 1 atom stereocenters. The highest BCUT2D eigenvalue weighted by Gasteiger charge is 2.48. The van der Waals surface area contributed by atoms with Crippen molar-refractivity contribution < 1.29 is 35.3 Å². The molecule has 1 aliphatic heterocycles. The number of rotatable bonds is 2. The van der Waals surface area contributed by atoms with E-state index in [1.807, 2.05) is 0 Å². The van der Waals surface area contributed by atoms with Crippen molar-refractivity contribution in [3.8, 4) is 0 Å². The van der Waals surface area contributed by atoms with Gasteiger partial charge in [-0.2, -0.15) is 21.6 Å². The molecule has 1 unspecified atom stereocenters. The molecule has 1 aliphatic rings. The van der Waals surface area contributed by atoms with Crippen LogP contribution in [0.3, 0.4) is 0 Å². The van der Waals surface area contributed by atoms with Gasteiger partial charge in [-0.25, -0.2) is 4.79 Å². The molecular weight excluding hydrogens is 253 g/mol. The van der Waals surface area contributed by atoms with E-state index < -0.39 is 27.7 Å². The molecule has 0 aromatic carbocycles. The molecule has 0 saturated carbocycles. The van der Waals surface area contributed by atoms with Crippen LogP contribution in [-0.2, 0) is 23.8 Å². The van der Waals surface area contributed by atoms with E-state index in [0.29, 0.717) is 0 Å². The summed E-state index contributed by atoms with van der Waals surface area (Å²) in [4.78, 5) is 10.9. The van der Waals surface area contributed by atoms with Crippen molar-refractivity contribution in [3.05, 3.63) is 11.8 Å². The summed E-state index contributed by atoms with van der Waals surface area (Å²) in [6.45, 7) is 1.51. The van der Waals surface area contributed by atoms with E-state index in [4.69, 9.17) is 0 Å². The van der Waals surface area contributed by atoms with E-state index in [9.17, 15) is 26.4 Å². The second-order valence-corrected chi connectivity index (χ2v) is 4.62. The third kappa shape index (κ3) is 2.65. The van der Waals surface area contributed by atoms with Crippen LogP contribution in [0, 0.1) is 0 Å². The zero-order chi connectivity index (χ0) is 12.6. The van der Waals surface area contributed by atoms with Gasteiger partial charge < -0.3 is 8.92 Å². The smallest absolute Gasteiger partial charge is 0.459 e. The van der Waals surface area contributed by atoms with Crippen LogP contribution in [0.1, 0.15) is 13.3 Å². The maximum atomic E-state index is 11.8. The molecule has 1 heterocycles. The van der Waals surface area contributed by atoms with E-state index in [2.05, 4.69) is 8.92 Å². The van der Waals surface area contributed by atoms with Gasteiger partial charge in [-0.15, -0.1) is 0 Å². The largest absolute Gasteiger partial charge is 0.534 e. The predicted molar refractivity (Wildman–Crippen MR) is 44.3 cm³/mol. The summed E-state index contributed by atoms with van der Waals surface area (Å²) in [7, 11) is -5.71. The highest BCUT2D eigenvalue weighted by molar-refractivity contribution is 7.87. The average molecular weight is 260 g/mol. The number of hydrogen-bond acceptors (Lipinski definition) is 5. The van der Waals surface area contributed by atoms with Crippen molar-refractivity contribution in [1.82, 2.24) is 0 Å². The van der Waals surface area contributed by atoms with Gasteiger partial charge in [0.1, 0.15) is 12.4 Å². The Hall–Kier alpha value is -1.25. The number of hydrogen-bond donors (Lipinski definition) is 0. The first kappa shape index (κ1) is 12.8. The molecule has 1 rings (SSSR count). The molecule has 1 fully saturated rings. The van der Waals surface area contributed by atoms with Crippen LogP contribution in [0.4, 0.5) is 13.2 Å². The molecule has 92 valence electrons. The van der Waals surface area contributed by atoms with Gasteiger partial charge in [0.15, 0.2) is 0 Å². The Labute approximate surface area is 89.0 Å². The van der Waals surface area contributed by atoms with Gasteiger partial charge in [-0.3, -0.25) is 0 Å². The zero-order valence-electron chi connectivity index (χ0n) is 7.95. The Kier molecular flexibility index (Phi) is 3.17. The molecule has 0 aliphatic carbocycles. The molecule has 0 radical (unpaired) electrons. The molecule has 0 N–H and O–H groups in total. The summed E-state index contributed by atoms with van der Waals surface area (Å²) in [6, 6.07) is 0. The lowest BCUT2D eigenvalue weighted by Crippen LogP contribution is -2.24. The van der Waals surface area contributed by atoms with Gasteiger partial charge in [-0.05, 0) is 6.92 Å². The van der Waals surface area contributed by atoms with Crippen LogP contribution < -0.4 is 0 Å². The van der Waals surface area contributed by atoms with E-state index in [0.717, 1.165) is 0 Å². The molecule has 0 amide bonds. The van der Waals surface area contributed by atoms with Crippen molar-refractivity contribution >= 4 is 16.1 Å². The first-order chi connectivity index (χ1) is 7.13. The summed E-state index contributed by atoms with van der Waals surface area (Å²) in [5, 5.41) is 0. The maximum absolute atomic E-state index is 11.8. The molecule has 1 saturated heterocycles. The fraction of sp³-hybridized carbons (Fsp3) is 0.571. The number of alkyl halides is 3. The van der Waals surface area contributed by atoms with E-state index in [-0.39, 0.29) is 18.3 Å². The topological polar surface area (TPSA) is 69.7 Å². The van der Waals surface area contributed by atoms with Gasteiger partial charge in [0.25, 0.3) is 0 Å². The van der Waals surface area contributed by atoms with Crippen LogP contribution in [0.2, 0.25) is 0 Å². The van der Waals surface area contributed by atoms with Crippen LogP contribution in [0.5, 0.6) is 0 Å². The maximum Gasteiger partial charge on any atom is 0.534 e. The van der Waals surface area contributed by atoms with Crippen LogP contribution >= 0.6 is 0 Å². The third-order valence-corrected chi connectivity index (χ3v) is 2.59. The predicted octanol–water partition coefficient (Wildman–Crippen LogP) is 1.07. The summed E-state index contributed by atoms with van der Waals surface area (Å²) in [6.07, 6.45) is -0.239. The standard InChI is InChI=1S/C7H7F3O5S/c1-4-2-5(6(11)15-4)3-14-16(12,13)7(8,9)10/h3-4H,2H2,1H3/b5-3-. The molecular formula is C7H7F3O5S. The van der Waals surface area contributed by atoms with Crippen molar-refractivity contribution in [3.63, 3.8) is 0 Å². The van der Waals surface area contributed by atoms with Gasteiger partial charge in [-0.1, -0.05) is 0 Å². The molecule has 0 aromatic rings. The number of carbonyl (C=O) groups excluding carboxylic acids is 1. The van der Waals surface area contributed by atoms with Crippen molar-refractivity contribution in [2.24, 2.45) is 0 Å². The second kappa shape index (κ2) is 3.96. The summed E-state index contributed by atoms with van der Waals surface area (Å²) in [5.41, 5.74) is -5.77. The zero-order valence-corrected chi connectivity index (χ0v) is 8.76. The molecule has 5 nitrogen and oxygen atoms in total. The normalized spacial score (nSPS) is 24.6. The number of ether oxygens (including phenoxy) is 1. The summed E-state index contributed by atoms with van der Waals surface area (Å²) in [5.74, 6) is -0.884. The monoisotopic (exact) mass is 260 g/mol. The van der Waals surface area contributed by atoms with E-state index in [1.54, 1.807) is 0 Å². The van der Waals surface area contributed by atoms with Gasteiger partial charge in [0.05, 0.1) is 5.57 Å². The van der Waals surface area contributed by atoms with Crippen LogP contribution in [0.15, 0.2) is 11.8 Å². The van der Waals surface area contributed by atoms with E-state index in [1.165, 1.54) is 6.92 Å². The number of cyclic esters (lactones) is 1.